The van der Waals surface area contributed by atoms with E-state index in [0.717, 1.165) is 30.4 Å². The van der Waals surface area contributed by atoms with E-state index in [0.29, 0.717) is 5.92 Å². The second-order valence-electron chi connectivity index (χ2n) is 4.58. The fraction of sp³-hybridized carbons (Fsp3) is 0.615. The Bertz CT molecular complexity index is 391. The number of alkyl halides is 2. The van der Waals surface area contributed by atoms with Crippen molar-refractivity contribution < 1.29 is 13.5 Å². The molecule has 17 heavy (non-hydrogen) atoms. The van der Waals surface area contributed by atoms with E-state index in [-0.39, 0.29) is 11.8 Å². The number of nitrogens with zero attached hydrogens (tertiary/aromatic N) is 1. The van der Waals surface area contributed by atoms with Gasteiger partial charge in [0.25, 0.3) is 0 Å². The summed E-state index contributed by atoms with van der Waals surface area (Å²) >= 11 is 0. The van der Waals surface area contributed by atoms with Gasteiger partial charge in [0, 0.05) is 11.8 Å². The van der Waals surface area contributed by atoms with Crippen molar-refractivity contribution in [2.24, 2.45) is 0 Å². The second kappa shape index (κ2) is 4.98. The Morgan fingerprint density at radius 1 is 1.47 bits per heavy atom. The van der Waals surface area contributed by atoms with Crippen molar-refractivity contribution in [2.75, 3.05) is 0 Å². The van der Waals surface area contributed by atoms with Crippen molar-refractivity contribution >= 4 is 0 Å². The Balaban J connectivity index is 2.38. The van der Waals surface area contributed by atoms with Gasteiger partial charge in [0.05, 0.1) is 0 Å². The zero-order valence-electron chi connectivity index (χ0n) is 10.1. The highest BCUT2D eigenvalue weighted by Gasteiger charge is 2.30. The van der Waals surface area contributed by atoms with Crippen LogP contribution in [0.1, 0.15) is 56.1 Å². The molecule has 4 heteroatoms. The Labute approximate surface area is 100 Å². The number of ether oxygens (including phenoxy) is 1. The number of hydrogen-bond donors (Lipinski definition) is 0. The van der Waals surface area contributed by atoms with Gasteiger partial charge in [-0.05, 0) is 42.7 Å². The first-order chi connectivity index (χ1) is 8.13. The van der Waals surface area contributed by atoms with Gasteiger partial charge >= 0.3 is 6.61 Å². The number of pyridine rings is 1. The van der Waals surface area contributed by atoms with Gasteiger partial charge in [-0.25, -0.2) is 4.98 Å². The van der Waals surface area contributed by atoms with Crippen molar-refractivity contribution in [3.05, 3.63) is 23.4 Å². The van der Waals surface area contributed by atoms with Gasteiger partial charge in [0.1, 0.15) is 0 Å². The van der Waals surface area contributed by atoms with Crippen LogP contribution in [0, 0.1) is 0 Å². The monoisotopic (exact) mass is 241 g/mol. The number of rotatable bonds is 5. The van der Waals surface area contributed by atoms with Gasteiger partial charge in [-0.15, -0.1) is 0 Å². The zero-order chi connectivity index (χ0) is 12.4. The van der Waals surface area contributed by atoms with Gasteiger partial charge in [-0.1, -0.05) is 13.8 Å². The average molecular weight is 241 g/mol. The van der Waals surface area contributed by atoms with Crippen LogP contribution >= 0.6 is 0 Å². The summed E-state index contributed by atoms with van der Waals surface area (Å²) in [6.07, 6.45) is 4.74. The van der Waals surface area contributed by atoms with Crippen LogP contribution < -0.4 is 4.74 Å². The van der Waals surface area contributed by atoms with Gasteiger partial charge in [0.2, 0.25) is 5.88 Å². The molecule has 1 aliphatic rings. The largest absolute Gasteiger partial charge is 0.417 e. The summed E-state index contributed by atoms with van der Waals surface area (Å²) in [5.74, 6) is 0.828. The lowest BCUT2D eigenvalue weighted by Crippen LogP contribution is -2.09. The molecule has 1 atom stereocenters. The summed E-state index contributed by atoms with van der Waals surface area (Å²) in [6, 6.07) is 1.94. The summed E-state index contributed by atoms with van der Waals surface area (Å²) in [5, 5.41) is 0. The first-order valence-corrected chi connectivity index (χ1v) is 6.07. The van der Waals surface area contributed by atoms with Crippen LogP contribution in [0.2, 0.25) is 0 Å². The molecule has 1 heterocycles. The first-order valence-electron chi connectivity index (χ1n) is 6.07. The number of aromatic nitrogens is 1. The van der Waals surface area contributed by atoms with E-state index in [1.54, 1.807) is 6.20 Å². The van der Waals surface area contributed by atoms with Crippen LogP contribution in [-0.2, 0) is 0 Å². The molecule has 1 fully saturated rings. The SMILES string of the molecule is CCC(C)c1c(C2CC2)ccnc1OC(F)F. The molecule has 0 radical (unpaired) electrons. The molecule has 1 aromatic heterocycles. The molecular weight excluding hydrogens is 224 g/mol. The van der Waals surface area contributed by atoms with Crippen molar-refractivity contribution in [1.29, 1.82) is 0 Å². The van der Waals surface area contributed by atoms with E-state index in [2.05, 4.69) is 9.72 Å². The minimum atomic E-state index is -2.81. The highest BCUT2D eigenvalue weighted by Crippen LogP contribution is 2.45. The highest BCUT2D eigenvalue weighted by atomic mass is 19.3. The second-order valence-corrected chi connectivity index (χ2v) is 4.58. The quantitative estimate of drug-likeness (QED) is 0.775. The molecule has 1 aromatic rings. The van der Waals surface area contributed by atoms with E-state index in [1.807, 2.05) is 19.9 Å². The molecular formula is C13H17F2NO. The van der Waals surface area contributed by atoms with Crippen LogP contribution in [0.15, 0.2) is 12.3 Å². The minimum Gasteiger partial charge on any atom is -0.417 e. The molecule has 1 aliphatic carbocycles. The highest BCUT2D eigenvalue weighted by molar-refractivity contribution is 5.41. The molecule has 1 unspecified atom stereocenters. The average Bonchev–Trinajstić information content (AvgIpc) is 3.11. The van der Waals surface area contributed by atoms with Crippen LogP contribution in [0.3, 0.4) is 0 Å². The third kappa shape index (κ3) is 2.73. The summed E-state index contributed by atoms with van der Waals surface area (Å²) < 4.78 is 29.3. The lowest BCUT2D eigenvalue weighted by atomic mass is 9.93. The smallest absolute Gasteiger partial charge is 0.388 e. The molecule has 0 aromatic carbocycles. The summed E-state index contributed by atoms with van der Waals surface area (Å²) in [5.41, 5.74) is 2.02. The van der Waals surface area contributed by atoms with E-state index >= 15 is 0 Å². The molecule has 0 spiro atoms. The van der Waals surface area contributed by atoms with E-state index < -0.39 is 6.61 Å². The predicted molar refractivity (Wildman–Crippen MR) is 61.6 cm³/mol. The maximum absolute atomic E-state index is 12.4. The lowest BCUT2D eigenvalue weighted by molar-refractivity contribution is -0.0537. The van der Waals surface area contributed by atoms with Crippen LogP contribution in [-0.4, -0.2) is 11.6 Å². The molecule has 0 bridgehead atoms. The molecule has 1 saturated carbocycles. The van der Waals surface area contributed by atoms with Gasteiger partial charge in [-0.2, -0.15) is 8.78 Å². The summed E-state index contributed by atoms with van der Waals surface area (Å²) in [7, 11) is 0. The third-order valence-corrected chi connectivity index (χ3v) is 3.31. The van der Waals surface area contributed by atoms with Gasteiger partial charge < -0.3 is 4.74 Å². The van der Waals surface area contributed by atoms with E-state index in [1.165, 1.54) is 0 Å². The number of hydrogen-bond acceptors (Lipinski definition) is 2. The van der Waals surface area contributed by atoms with Gasteiger partial charge in [0.15, 0.2) is 0 Å². The summed E-state index contributed by atoms with van der Waals surface area (Å²) in [6.45, 7) is 1.27. The predicted octanol–water partition coefficient (Wildman–Crippen LogP) is 4.07. The van der Waals surface area contributed by atoms with Crippen molar-refractivity contribution in [3.8, 4) is 5.88 Å². The Morgan fingerprint density at radius 2 is 2.18 bits per heavy atom. The molecule has 0 N–H and O–H groups in total. The zero-order valence-corrected chi connectivity index (χ0v) is 10.1. The topological polar surface area (TPSA) is 22.1 Å². The van der Waals surface area contributed by atoms with Crippen molar-refractivity contribution in [3.63, 3.8) is 0 Å². The Kier molecular flexibility index (Phi) is 3.60. The van der Waals surface area contributed by atoms with Crippen LogP contribution in [0.25, 0.3) is 0 Å². The minimum absolute atomic E-state index is 0.110. The molecule has 2 nitrogen and oxygen atoms in total. The fourth-order valence-corrected chi connectivity index (χ4v) is 2.10. The Hall–Kier alpha value is -1.19. The lowest BCUT2D eigenvalue weighted by Gasteiger charge is -2.18. The molecule has 0 aliphatic heterocycles. The first kappa shape index (κ1) is 12.3. The molecule has 94 valence electrons. The van der Waals surface area contributed by atoms with Crippen molar-refractivity contribution in [2.45, 2.75) is 51.6 Å². The molecule has 2 rings (SSSR count). The normalized spacial score (nSPS) is 17.2. The summed E-state index contributed by atoms with van der Waals surface area (Å²) in [4.78, 5) is 3.96. The maximum Gasteiger partial charge on any atom is 0.388 e. The fourth-order valence-electron chi connectivity index (χ4n) is 2.10. The third-order valence-electron chi connectivity index (χ3n) is 3.31. The number of halogens is 2. The van der Waals surface area contributed by atoms with Crippen molar-refractivity contribution in [1.82, 2.24) is 4.98 Å². The van der Waals surface area contributed by atoms with E-state index in [4.69, 9.17) is 0 Å². The molecule has 0 saturated heterocycles. The standard InChI is InChI=1S/C13H17F2NO/c1-3-8(2)11-10(9-4-5-9)6-7-16-12(11)17-13(14)15/h6-9,13H,3-5H2,1-2H3. The van der Waals surface area contributed by atoms with Gasteiger partial charge in [-0.3, -0.25) is 0 Å². The Morgan fingerprint density at radius 3 is 2.71 bits per heavy atom. The maximum atomic E-state index is 12.4. The van der Waals surface area contributed by atoms with Crippen LogP contribution in [0.5, 0.6) is 5.88 Å². The van der Waals surface area contributed by atoms with Crippen LogP contribution in [0.4, 0.5) is 8.78 Å². The van der Waals surface area contributed by atoms with E-state index in [9.17, 15) is 8.78 Å². The molecule has 0 amide bonds.